The summed E-state index contributed by atoms with van der Waals surface area (Å²) >= 11 is 0. The van der Waals surface area contributed by atoms with E-state index in [0.717, 1.165) is 12.3 Å². The topological polar surface area (TPSA) is 49.3 Å². The van der Waals surface area contributed by atoms with E-state index >= 15 is 0 Å². The van der Waals surface area contributed by atoms with Crippen molar-refractivity contribution in [1.82, 2.24) is 5.32 Å². The molecule has 2 rings (SSSR count). The number of carboxylic acid groups (broad SMARTS) is 1. The normalized spacial score (nSPS) is 24.1. The molecule has 2 N–H and O–H groups in total. The molecule has 0 aromatic heterocycles. The lowest BCUT2D eigenvalue weighted by molar-refractivity contribution is -0.137. The standard InChI is InChI=1S/C20H31NO2/c1-15-8-6-7-11-19(15)16(2)21-18(12-13-20(22)23)14-17-9-4-3-5-10-17/h3-5,9-10,15-16,18-19,21H,6-8,11-14H2,1-2H3,(H,22,23). The largest absolute Gasteiger partial charge is 0.481 e. The van der Waals surface area contributed by atoms with Gasteiger partial charge in [0.15, 0.2) is 0 Å². The lowest BCUT2D eigenvalue weighted by atomic mass is 9.76. The quantitative estimate of drug-likeness (QED) is 0.753. The summed E-state index contributed by atoms with van der Waals surface area (Å²) in [6.07, 6.45) is 7.14. The van der Waals surface area contributed by atoms with Crippen molar-refractivity contribution in [3.63, 3.8) is 0 Å². The summed E-state index contributed by atoms with van der Waals surface area (Å²) in [5, 5.41) is 12.8. The minimum absolute atomic E-state index is 0.234. The lowest BCUT2D eigenvalue weighted by Crippen LogP contribution is -2.44. The molecular weight excluding hydrogens is 286 g/mol. The fraction of sp³-hybridized carbons (Fsp3) is 0.650. The summed E-state index contributed by atoms with van der Waals surface area (Å²) in [6, 6.07) is 11.1. The second-order valence-electron chi connectivity index (χ2n) is 7.20. The second-order valence-corrected chi connectivity index (χ2v) is 7.20. The third-order valence-corrected chi connectivity index (χ3v) is 5.35. The number of carboxylic acids is 1. The van der Waals surface area contributed by atoms with Gasteiger partial charge in [-0.15, -0.1) is 0 Å². The van der Waals surface area contributed by atoms with Crippen molar-refractivity contribution in [3.8, 4) is 0 Å². The minimum atomic E-state index is -0.705. The molecule has 4 unspecified atom stereocenters. The number of nitrogens with one attached hydrogen (secondary N) is 1. The number of benzene rings is 1. The van der Waals surface area contributed by atoms with Gasteiger partial charge in [-0.1, -0.05) is 56.5 Å². The summed E-state index contributed by atoms with van der Waals surface area (Å²) in [5.74, 6) is 0.776. The summed E-state index contributed by atoms with van der Waals surface area (Å²) in [4.78, 5) is 11.0. The molecule has 1 aromatic carbocycles. The van der Waals surface area contributed by atoms with Gasteiger partial charge in [-0.3, -0.25) is 4.79 Å². The Morgan fingerprint density at radius 3 is 2.61 bits per heavy atom. The van der Waals surface area contributed by atoms with Crippen LogP contribution in [0.25, 0.3) is 0 Å². The van der Waals surface area contributed by atoms with E-state index in [1.165, 1.54) is 31.2 Å². The Morgan fingerprint density at radius 1 is 1.26 bits per heavy atom. The van der Waals surface area contributed by atoms with E-state index in [-0.39, 0.29) is 12.5 Å². The zero-order valence-corrected chi connectivity index (χ0v) is 14.5. The molecule has 0 bridgehead atoms. The number of hydrogen-bond acceptors (Lipinski definition) is 2. The van der Waals surface area contributed by atoms with Crippen molar-refractivity contribution in [2.24, 2.45) is 11.8 Å². The van der Waals surface area contributed by atoms with Crippen molar-refractivity contribution in [2.45, 2.75) is 70.9 Å². The molecule has 0 spiro atoms. The lowest BCUT2D eigenvalue weighted by Gasteiger charge is -2.36. The van der Waals surface area contributed by atoms with Crippen LogP contribution in [0.2, 0.25) is 0 Å². The van der Waals surface area contributed by atoms with Crippen LogP contribution in [-0.2, 0) is 11.2 Å². The van der Waals surface area contributed by atoms with Gasteiger partial charge < -0.3 is 10.4 Å². The van der Waals surface area contributed by atoms with E-state index in [0.29, 0.717) is 18.4 Å². The SMILES string of the molecule is CC1CCCCC1C(C)NC(CCC(=O)O)Cc1ccccc1. The molecule has 23 heavy (non-hydrogen) atoms. The summed E-state index contributed by atoms with van der Waals surface area (Å²) in [6.45, 7) is 4.65. The van der Waals surface area contributed by atoms with Crippen LogP contribution in [0, 0.1) is 11.8 Å². The molecule has 4 atom stereocenters. The third kappa shape index (κ3) is 5.98. The third-order valence-electron chi connectivity index (χ3n) is 5.35. The first-order chi connectivity index (χ1) is 11.1. The highest BCUT2D eigenvalue weighted by molar-refractivity contribution is 5.66. The zero-order valence-electron chi connectivity index (χ0n) is 14.5. The van der Waals surface area contributed by atoms with E-state index in [1.807, 2.05) is 6.07 Å². The number of carbonyl (C=O) groups is 1. The minimum Gasteiger partial charge on any atom is -0.481 e. The van der Waals surface area contributed by atoms with Gasteiger partial charge in [-0.2, -0.15) is 0 Å². The highest BCUT2D eigenvalue weighted by Crippen LogP contribution is 2.32. The Balaban J connectivity index is 1.96. The van der Waals surface area contributed by atoms with Gasteiger partial charge in [0, 0.05) is 18.5 Å². The van der Waals surface area contributed by atoms with Crippen LogP contribution in [0.5, 0.6) is 0 Å². The smallest absolute Gasteiger partial charge is 0.303 e. The van der Waals surface area contributed by atoms with Crippen molar-refractivity contribution < 1.29 is 9.90 Å². The van der Waals surface area contributed by atoms with Crippen LogP contribution in [0.1, 0.15) is 57.9 Å². The molecular formula is C20H31NO2. The number of aliphatic carboxylic acids is 1. The first-order valence-corrected chi connectivity index (χ1v) is 9.08. The van der Waals surface area contributed by atoms with Gasteiger partial charge in [0.05, 0.1) is 0 Å². The molecule has 1 saturated carbocycles. The van der Waals surface area contributed by atoms with Gasteiger partial charge in [-0.05, 0) is 43.6 Å². The molecule has 128 valence electrons. The molecule has 1 aromatic rings. The molecule has 3 heteroatoms. The van der Waals surface area contributed by atoms with E-state index < -0.39 is 5.97 Å². The van der Waals surface area contributed by atoms with Crippen LogP contribution < -0.4 is 5.32 Å². The van der Waals surface area contributed by atoms with Gasteiger partial charge in [-0.25, -0.2) is 0 Å². The number of hydrogen-bond donors (Lipinski definition) is 2. The van der Waals surface area contributed by atoms with Gasteiger partial charge in [0.2, 0.25) is 0 Å². The second kappa shape index (κ2) is 9.07. The Morgan fingerprint density at radius 2 is 1.96 bits per heavy atom. The molecule has 0 heterocycles. The summed E-state index contributed by atoms with van der Waals surface area (Å²) < 4.78 is 0. The Kier molecular flexibility index (Phi) is 7.10. The molecule has 1 fully saturated rings. The summed E-state index contributed by atoms with van der Waals surface area (Å²) in [7, 11) is 0. The van der Waals surface area contributed by atoms with Crippen LogP contribution in [0.3, 0.4) is 0 Å². The summed E-state index contributed by atoms with van der Waals surface area (Å²) in [5.41, 5.74) is 1.28. The average Bonchev–Trinajstić information content (AvgIpc) is 2.54. The fourth-order valence-electron chi connectivity index (χ4n) is 4.02. The highest BCUT2D eigenvalue weighted by Gasteiger charge is 2.27. The first kappa shape index (κ1) is 18.0. The van der Waals surface area contributed by atoms with Gasteiger partial charge in [0.1, 0.15) is 0 Å². The maximum Gasteiger partial charge on any atom is 0.303 e. The average molecular weight is 317 g/mol. The van der Waals surface area contributed by atoms with Crippen LogP contribution >= 0.6 is 0 Å². The molecule has 1 aliphatic carbocycles. The monoisotopic (exact) mass is 317 g/mol. The first-order valence-electron chi connectivity index (χ1n) is 9.08. The zero-order chi connectivity index (χ0) is 16.7. The molecule has 3 nitrogen and oxygen atoms in total. The van der Waals surface area contributed by atoms with Crippen LogP contribution in [0.15, 0.2) is 30.3 Å². The van der Waals surface area contributed by atoms with E-state index in [9.17, 15) is 4.79 Å². The van der Waals surface area contributed by atoms with Crippen molar-refractivity contribution in [2.75, 3.05) is 0 Å². The molecule has 0 saturated heterocycles. The molecule has 0 aliphatic heterocycles. The number of rotatable bonds is 8. The highest BCUT2D eigenvalue weighted by atomic mass is 16.4. The van der Waals surface area contributed by atoms with Crippen LogP contribution in [-0.4, -0.2) is 23.2 Å². The van der Waals surface area contributed by atoms with Crippen molar-refractivity contribution in [3.05, 3.63) is 35.9 Å². The van der Waals surface area contributed by atoms with Crippen LogP contribution in [0.4, 0.5) is 0 Å². The van der Waals surface area contributed by atoms with E-state index in [4.69, 9.17) is 5.11 Å². The van der Waals surface area contributed by atoms with Crippen molar-refractivity contribution in [1.29, 1.82) is 0 Å². The van der Waals surface area contributed by atoms with Gasteiger partial charge in [0.25, 0.3) is 0 Å². The van der Waals surface area contributed by atoms with E-state index in [1.54, 1.807) is 0 Å². The predicted octanol–water partition coefficient (Wildman–Crippen LogP) is 4.27. The Hall–Kier alpha value is -1.35. The van der Waals surface area contributed by atoms with E-state index in [2.05, 4.69) is 43.4 Å². The molecule has 1 aliphatic rings. The van der Waals surface area contributed by atoms with Crippen molar-refractivity contribution >= 4 is 5.97 Å². The maximum absolute atomic E-state index is 11.0. The predicted molar refractivity (Wildman–Crippen MR) is 94.5 cm³/mol. The Bertz CT molecular complexity index is 474. The Labute approximate surface area is 140 Å². The van der Waals surface area contributed by atoms with Gasteiger partial charge >= 0.3 is 5.97 Å². The molecule has 0 radical (unpaired) electrons. The molecule has 0 amide bonds. The fourth-order valence-corrected chi connectivity index (χ4v) is 4.02. The maximum atomic E-state index is 11.0.